The molecular formula is C23H34N6O3. The maximum absolute atomic E-state index is 12.3. The number of allylic oxidation sites excluding steroid dienone is 1. The van der Waals surface area contributed by atoms with Gasteiger partial charge in [-0.25, -0.2) is 0 Å². The van der Waals surface area contributed by atoms with E-state index in [1.54, 1.807) is 7.11 Å². The van der Waals surface area contributed by atoms with Gasteiger partial charge in [-0.2, -0.15) is 9.97 Å². The molecule has 0 bridgehead atoms. The standard InChI is InChI=1S/C23H34N6O3/c1-5-8-18(13-28-9-6-7-10-28)11-16(2)12-29-14-19(30)25-20-21(24)26-23(27-22(20)29)32-17(3)15-31-4/h5,8,11,17H,2,6-7,9-10,12-15H2,1,3-4H3,(H,25,30)(H2,24,26,27)/b8-5-,18-11+/t17-/m1/s1. The van der Waals surface area contributed by atoms with Crippen LogP contribution in [0.2, 0.25) is 0 Å². The molecule has 3 N–H and O–H groups in total. The van der Waals surface area contributed by atoms with E-state index in [4.69, 9.17) is 15.2 Å². The van der Waals surface area contributed by atoms with Crippen LogP contribution in [0.25, 0.3) is 0 Å². The van der Waals surface area contributed by atoms with Crippen molar-refractivity contribution in [3.63, 3.8) is 0 Å². The van der Waals surface area contributed by atoms with Crippen molar-refractivity contribution in [2.45, 2.75) is 32.8 Å². The summed E-state index contributed by atoms with van der Waals surface area (Å²) in [7, 11) is 1.60. The fourth-order valence-corrected chi connectivity index (χ4v) is 3.97. The van der Waals surface area contributed by atoms with Crippen LogP contribution in [0.4, 0.5) is 17.3 Å². The lowest BCUT2D eigenvalue weighted by Gasteiger charge is -2.30. The zero-order chi connectivity index (χ0) is 23.1. The zero-order valence-electron chi connectivity index (χ0n) is 19.3. The summed E-state index contributed by atoms with van der Waals surface area (Å²) in [6.45, 7) is 12.2. The van der Waals surface area contributed by atoms with E-state index in [9.17, 15) is 4.79 Å². The summed E-state index contributed by atoms with van der Waals surface area (Å²) in [6, 6.07) is 0.150. The predicted octanol–water partition coefficient (Wildman–Crippen LogP) is 2.39. The number of nitrogens with zero attached hydrogens (tertiary/aromatic N) is 4. The molecule has 1 saturated heterocycles. The quantitative estimate of drug-likeness (QED) is 0.532. The number of rotatable bonds is 10. The predicted molar refractivity (Wildman–Crippen MR) is 127 cm³/mol. The molecule has 2 aliphatic rings. The molecule has 0 radical (unpaired) electrons. The van der Waals surface area contributed by atoms with E-state index < -0.39 is 0 Å². The van der Waals surface area contributed by atoms with E-state index in [1.807, 2.05) is 24.8 Å². The number of carbonyl (C=O) groups excluding carboxylic acids is 1. The molecule has 1 atom stereocenters. The number of anilines is 3. The smallest absolute Gasteiger partial charge is 0.320 e. The molecule has 0 saturated carbocycles. The molecule has 3 rings (SSSR count). The van der Waals surface area contributed by atoms with E-state index in [1.165, 1.54) is 18.4 Å². The van der Waals surface area contributed by atoms with Gasteiger partial charge >= 0.3 is 6.01 Å². The summed E-state index contributed by atoms with van der Waals surface area (Å²) in [4.78, 5) is 25.3. The molecule has 174 valence electrons. The second-order valence-corrected chi connectivity index (χ2v) is 8.24. The number of nitrogens with two attached hydrogens (primary N) is 1. The van der Waals surface area contributed by atoms with Crippen LogP contribution in [0.1, 0.15) is 26.7 Å². The largest absolute Gasteiger partial charge is 0.458 e. The molecule has 1 aromatic heterocycles. The van der Waals surface area contributed by atoms with Crippen LogP contribution in [0, 0.1) is 0 Å². The molecular weight excluding hydrogens is 408 g/mol. The van der Waals surface area contributed by atoms with Gasteiger partial charge in [0.15, 0.2) is 11.6 Å². The van der Waals surface area contributed by atoms with Crippen molar-refractivity contribution in [1.29, 1.82) is 0 Å². The second kappa shape index (κ2) is 11.1. The van der Waals surface area contributed by atoms with Crippen LogP contribution in [-0.2, 0) is 9.53 Å². The molecule has 0 aliphatic carbocycles. The molecule has 0 unspecified atom stereocenters. The number of hydrogen-bond donors (Lipinski definition) is 2. The number of methoxy groups -OCH3 is 1. The second-order valence-electron chi connectivity index (χ2n) is 8.24. The van der Waals surface area contributed by atoms with Crippen LogP contribution in [0.3, 0.4) is 0 Å². The van der Waals surface area contributed by atoms with Gasteiger partial charge in [-0.15, -0.1) is 0 Å². The Labute approximate surface area is 190 Å². The van der Waals surface area contributed by atoms with Gasteiger partial charge in [0, 0.05) is 20.2 Å². The average molecular weight is 443 g/mol. The van der Waals surface area contributed by atoms with Gasteiger partial charge in [0.2, 0.25) is 5.91 Å². The first-order valence-corrected chi connectivity index (χ1v) is 11.0. The van der Waals surface area contributed by atoms with Gasteiger partial charge < -0.3 is 25.4 Å². The molecule has 2 aliphatic heterocycles. The summed E-state index contributed by atoms with van der Waals surface area (Å²) < 4.78 is 10.8. The molecule has 3 heterocycles. The maximum Gasteiger partial charge on any atom is 0.320 e. The molecule has 1 fully saturated rings. The number of amides is 1. The molecule has 1 amide bonds. The molecule has 9 heteroatoms. The molecule has 0 spiro atoms. The summed E-state index contributed by atoms with van der Waals surface area (Å²) in [5.41, 5.74) is 8.58. The number of hydrogen-bond acceptors (Lipinski definition) is 8. The van der Waals surface area contributed by atoms with Crippen molar-refractivity contribution in [2.75, 3.05) is 62.4 Å². The van der Waals surface area contributed by atoms with Gasteiger partial charge in [0.25, 0.3) is 0 Å². The Morgan fingerprint density at radius 3 is 2.75 bits per heavy atom. The normalized spacial score (nSPS) is 18.0. The summed E-state index contributed by atoms with van der Waals surface area (Å²) in [6.07, 6.45) is 8.50. The Hall–Kier alpha value is -2.91. The lowest BCUT2D eigenvalue weighted by Crippen LogP contribution is -2.40. The highest BCUT2D eigenvalue weighted by molar-refractivity contribution is 6.03. The minimum Gasteiger partial charge on any atom is -0.458 e. The highest BCUT2D eigenvalue weighted by atomic mass is 16.5. The molecule has 1 aromatic rings. The summed E-state index contributed by atoms with van der Waals surface area (Å²) in [5, 5.41) is 2.77. The third-order valence-electron chi connectivity index (χ3n) is 5.27. The first-order valence-electron chi connectivity index (χ1n) is 11.0. The topological polar surface area (TPSA) is 106 Å². The number of likely N-dealkylation sites (tertiary alicyclic amines) is 1. The highest BCUT2D eigenvalue weighted by Crippen LogP contribution is 2.34. The van der Waals surface area contributed by atoms with Crippen molar-refractivity contribution < 1.29 is 14.3 Å². The monoisotopic (exact) mass is 442 g/mol. The zero-order valence-corrected chi connectivity index (χ0v) is 19.3. The van der Waals surface area contributed by atoms with Crippen molar-refractivity contribution in [3.8, 4) is 6.01 Å². The van der Waals surface area contributed by atoms with Gasteiger partial charge in [-0.05, 0) is 50.9 Å². The Morgan fingerprint density at radius 2 is 2.06 bits per heavy atom. The SMILES string of the molecule is C=C(/C=C(\C=C/C)CN1CCCC1)CN1CC(=O)Nc2c(N)nc(O[C@H](C)COC)nc21. The lowest BCUT2D eigenvalue weighted by atomic mass is 10.1. The van der Waals surface area contributed by atoms with Crippen molar-refractivity contribution in [3.05, 3.63) is 36.0 Å². The van der Waals surface area contributed by atoms with Crippen molar-refractivity contribution >= 4 is 23.2 Å². The van der Waals surface area contributed by atoms with Crippen molar-refractivity contribution in [1.82, 2.24) is 14.9 Å². The van der Waals surface area contributed by atoms with Crippen LogP contribution in [-0.4, -0.2) is 73.3 Å². The Balaban J connectivity index is 1.79. The molecule has 9 nitrogen and oxygen atoms in total. The maximum atomic E-state index is 12.3. The fraction of sp³-hybridized carbons (Fsp3) is 0.522. The Kier molecular flexibility index (Phi) is 8.24. The first-order chi connectivity index (χ1) is 15.4. The lowest BCUT2D eigenvalue weighted by molar-refractivity contribution is -0.115. The van der Waals surface area contributed by atoms with Gasteiger partial charge in [0.05, 0.1) is 13.2 Å². The van der Waals surface area contributed by atoms with Crippen LogP contribution < -0.4 is 20.7 Å². The van der Waals surface area contributed by atoms with Gasteiger partial charge in [-0.1, -0.05) is 24.8 Å². The minimum absolute atomic E-state index is 0.147. The number of ether oxygens (including phenoxy) is 2. The minimum atomic E-state index is -0.240. The number of aromatic nitrogens is 2. The van der Waals surface area contributed by atoms with Crippen molar-refractivity contribution in [2.24, 2.45) is 0 Å². The molecule has 32 heavy (non-hydrogen) atoms. The van der Waals surface area contributed by atoms with E-state index in [-0.39, 0.29) is 30.4 Å². The number of nitrogen functional groups attached to an aromatic ring is 1. The van der Waals surface area contributed by atoms with Crippen LogP contribution >= 0.6 is 0 Å². The third kappa shape index (κ3) is 6.30. The number of carbonyl (C=O) groups is 1. The van der Waals surface area contributed by atoms with Gasteiger partial charge in [0.1, 0.15) is 11.8 Å². The Morgan fingerprint density at radius 1 is 1.31 bits per heavy atom. The third-order valence-corrected chi connectivity index (χ3v) is 5.27. The highest BCUT2D eigenvalue weighted by Gasteiger charge is 2.28. The summed E-state index contributed by atoms with van der Waals surface area (Å²) in [5.74, 6) is 0.521. The van der Waals surface area contributed by atoms with Gasteiger partial charge in [-0.3, -0.25) is 9.69 Å². The first kappa shape index (κ1) is 23.7. The van der Waals surface area contributed by atoms with Crippen LogP contribution in [0.5, 0.6) is 6.01 Å². The summed E-state index contributed by atoms with van der Waals surface area (Å²) >= 11 is 0. The molecule has 0 aromatic carbocycles. The Bertz CT molecular complexity index is 892. The van der Waals surface area contributed by atoms with E-state index in [0.29, 0.717) is 24.7 Å². The number of fused-ring (bicyclic) bond motifs is 1. The van der Waals surface area contributed by atoms with Crippen LogP contribution in [0.15, 0.2) is 36.0 Å². The number of nitrogens with one attached hydrogen (secondary N) is 1. The average Bonchev–Trinajstić information content (AvgIpc) is 3.22. The van der Waals surface area contributed by atoms with E-state index in [0.717, 1.165) is 25.2 Å². The van der Waals surface area contributed by atoms with E-state index in [2.05, 4.69) is 38.9 Å². The fourth-order valence-electron chi connectivity index (χ4n) is 3.97. The van der Waals surface area contributed by atoms with E-state index >= 15 is 0 Å².